The Kier molecular flexibility index (Phi) is 5.42. The predicted octanol–water partition coefficient (Wildman–Crippen LogP) is 6.23. The summed E-state index contributed by atoms with van der Waals surface area (Å²) < 4.78 is 4.31. The Hall–Kier alpha value is -2.48. The molecule has 0 saturated heterocycles. The first-order valence-corrected chi connectivity index (χ1v) is 8.42. The van der Waals surface area contributed by atoms with Gasteiger partial charge in [0.25, 0.3) is 0 Å². The fourth-order valence-corrected chi connectivity index (χ4v) is 3.14. The molecule has 4 aromatic rings. The van der Waals surface area contributed by atoms with Gasteiger partial charge in [-0.2, -0.15) is 0 Å². The van der Waals surface area contributed by atoms with E-state index in [2.05, 4.69) is 99.7 Å². The highest BCUT2D eigenvalue weighted by atomic mass is 14.9. The van der Waals surface area contributed by atoms with Gasteiger partial charge in [0.05, 0.1) is 0 Å². The van der Waals surface area contributed by atoms with Crippen LogP contribution < -0.4 is 0 Å². The lowest BCUT2D eigenvalue weighted by Crippen LogP contribution is -1.86. The van der Waals surface area contributed by atoms with E-state index in [0.29, 0.717) is 0 Å². The van der Waals surface area contributed by atoms with Crippen molar-refractivity contribution in [3.05, 3.63) is 71.0 Å². The maximum atomic E-state index is 2.24. The maximum absolute atomic E-state index is 2.24. The lowest BCUT2D eigenvalue weighted by atomic mass is 10.1. The second kappa shape index (κ2) is 7.18. The Morgan fingerprint density at radius 1 is 0.640 bits per heavy atom. The van der Waals surface area contributed by atoms with Crippen molar-refractivity contribution in [1.29, 1.82) is 0 Å². The van der Waals surface area contributed by atoms with E-state index in [1.807, 2.05) is 0 Å². The van der Waals surface area contributed by atoms with E-state index in [1.165, 1.54) is 44.1 Å². The monoisotopic (exact) mass is 334 g/mol. The molecule has 0 atom stereocenters. The quantitative estimate of drug-likeness (QED) is 0.361. The zero-order chi connectivity index (χ0) is 17.4. The minimum Gasteiger partial charge on any atom is -0.351 e. The fraction of sp³-hybridized carbons (Fsp3) is 0.304. The summed E-state index contributed by atoms with van der Waals surface area (Å²) in [5.41, 5.74) is 8.14. The Bertz CT molecular complexity index is 1010. The van der Waals surface area contributed by atoms with Crippen molar-refractivity contribution in [2.75, 3.05) is 0 Å². The molecule has 4 rings (SSSR count). The molecule has 2 nitrogen and oxygen atoms in total. The number of hydrogen-bond donors (Lipinski definition) is 0. The zero-order valence-corrected chi connectivity index (χ0v) is 15.5. The van der Waals surface area contributed by atoms with Crippen LogP contribution in [0.1, 0.15) is 29.7 Å². The highest BCUT2D eigenvalue weighted by Crippen LogP contribution is 2.21. The Balaban J connectivity index is 0.000000173. The van der Waals surface area contributed by atoms with E-state index in [9.17, 15) is 0 Å². The van der Waals surface area contributed by atoms with Gasteiger partial charge >= 0.3 is 0 Å². The molecule has 0 N–H and O–H groups in total. The van der Waals surface area contributed by atoms with Crippen LogP contribution in [0, 0.1) is 27.7 Å². The van der Waals surface area contributed by atoms with Crippen LogP contribution in [0.15, 0.2) is 48.8 Å². The first-order chi connectivity index (χ1) is 11.4. The number of rotatable bonds is 0. The topological polar surface area (TPSA) is 9.86 Å². The first-order valence-electron chi connectivity index (χ1n) is 8.42. The molecule has 0 amide bonds. The average Bonchev–Trinajstić information content (AvgIpc) is 3.09. The Morgan fingerprint density at radius 3 is 1.96 bits per heavy atom. The van der Waals surface area contributed by atoms with Gasteiger partial charge in [0.15, 0.2) is 0 Å². The highest BCUT2D eigenvalue weighted by Gasteiger charge is 2.02. The molecule has 2 heteroatoms. The van der Waals surface area contributed by atoms with Crippen LogP contribution in [-0.4, -0.2) is 9.13 Å². The van der Waals surface area contributed by atoms with Gasteiger partial charge in [-0.3, -0.25) is 0 Å². The van der Waals surface area contributed by atoms with Crippen LogP contribution in [0.5, 0.6) is 0 Å². The molecular formula is C23H30N2. The van der Waals surface area contributed by atoms with Crippen LogP contribution in [0.25, 0.3) is 21.8 Å². The second-order valence-corrected chi connectivity index (χ2v) is 6.79. The van der Waals surface area contributed by atoms with Crippen LogP contribution in [0.2, 0.25) is 0 Å². The van der Waals surface area contributed by atoms with E-state index in [-0.39, 0.29) is 7.43 Å². The van der Waals surface area contributed by atoms with Crippen molar-refractivity contribution in [2.45, 2.75) is 35.1 Å². The number of nitrogens with zero attached hydrogens (tertiary/aromatic N) is 2. The summed E-state index contributed by atoms with van der Waals surface area (Å²) in [5, 5.41) is 2.71. The summed E-state index contributed by atoms with van der Waals surface area (Å²) in [4.78, 5) is 0. The number of aryl methyl sites for hydroxylation is 6. The molecule has 0 aliphatic carbocycles. The maximum Gasteiger partial charge on any atom is 0.0480 e. The van der Waals surface area contributed by atoms with Crippen molar-refractivity contribution in [1.82, 2.24) is 9.13 Å². The van der Waals surface area contributed by atoms with Crippen LogP contribution in [-0.2, 0) is 14.1 Å². The van der Waals surface area contributed by atoms with Gasteiger partial charge in [0, 0.05) is 42.9 Å². The molecule has 0 aliphatic heterocycles. The standard InChI is InChI=1S/2C11H13N.CH4/c1-8-6-10-4-5-12(3)11(10)7-9(8)2;1-8-4-5-11-10(9(8)2)6-7-12(11)3;/h2*4-7H,1-3H3;1H4. The molecule has 2 aromatic heterocycles. The predicted molar refractivity (Wildman–Crippen MR) is 112 cm³/mol. The minimum absolute atomic E-state index is 0. The van der Waals surface area contributed by atoms with E-state index in [1.54, 1.807) is 0 Å². The van der Waals surface area contributed by atoms with Crippen LogP contribution in [0.3, 0.4) is 0 Å². The third kappa shape index (κ3) is 3.48. The summed E-state index contributed by atoms with van der Waals surface area (Å²) >= 11 is 0. The summed E-state index contributed by atoms with van der Waals surface area (Å²) in [6.45, 7) is 8.64. The highest BCUT2D eigenvalue weighted by molar-refractivity contribution is 5.84. The average molecular weight is 335 g/mol. The van der Waals surface area contributed by atoms with Gasteiger partial charge in [-0.15, -0.1) is 0 Å². The lowest BCUT2D eigenvalue weighted by molar-refractivity contribution is 0.968. The Labute approximate surface area is 151 Å². The first kappa shape index (κ1) is 18.9. The van der Waals surface area contributed by atoms with Gasteiger partial charge in [-0.25, -0.2) is 0 Å². The van der Waals surface area contributed by atoms with Crippen molar-refractivity contribution in [2.24, 2.45) is 14.1 Å². The smallest absolute Gasteiger partial charge is 0.0480 e. The number of hydrogen-bond acceptors (Lipinski definition) is 0. The molecule has 0 saturated carbocycles. The third-order valence-electron chi connectivity index (χ3n) is 5.11. The van der Waals surface area contributed by atoms with E-state index < -0.39 is 0 Å². The van der Waals surface area contributed by atoms with Crippen molar-refractivity contribution in [3.63, 3.8) is 0 Å². The number of fused-ring (bicyclic) bond motifs is 2. The second-order valence-electron chi connectivity index (χ2n) is 6.79. The van der Waals surface area contributed by atoms with Crippen LogP contribution in [0.4, 0.5) is 0 Å². The van der Waals surface area contributed by atoms with Crippen LogP contribution >= 0.6 is 0 Å². The van der Waals surface area contributed by atoms with Crippen molar-refractivity contribution < 1.29 is 0 Å². The van der Waals surface area contributed by atoms with Gasteiger partial charge < -0.3 is 9.13 Å². The summed E-state index contributed by atoms with van der Waals surface area (Å²) in [6.07, 6.45) is 4.21. The molecule has 2 heterocycles. The van der Waals surface area contributed by atoms with Crippen molar-refractivity contribution in [3.8, 4) is 0 Å². The zero-order valence-electron chi connectivity index (χ0n) is 15.5. The normalized spacial score (nSPS) is 10.5. The largest absolute Gasteiger partial charge is 0.351 e. The minimum atomic E-state index is 0. The van der Waals surface area contributed by atoms with Gasteiger partial charge in [-0.1, -0.05) is 13.5 Å². The van der Waals surface area contributed by atoms with E-state index in [4.69, 9.17) is 0 Å². The molecule has 0 spiro atoms. The van der Waals surface area contributed by atoms with E-state index in [0.717, 1.165) is 0 Å². The molecule has 0 radical (unpaired) electrons. The Morgan fingerprint density at radius 2 is 1.24 bits per heavy atom. The lowest BCUT2D eigenvalue weighted by Gasteiger charge is -2.02. The third-order valence-corrected chi connectivity index (χ3v) is 5.11. The van der Waals surface area contributed by atoms with Crippen molar-refractivity contribution >= 4 is 21.8 Å². The SMILES string of the molecule is C.Cc1cc2ccn(C)c2cc1C.Cc1ccc2c(ccn2C)c1C. The molecule has 0 unspecified atom stereocenters. The number of benzene rings is 2. The van der Waals surface area contributed by atoms with E-state index >= 15 is 0 Å². The van der Waals surface area contributed by atoms with Gasteiger partial charge in [-0.05, 0) is 85.7 Å². The molecular weight excluding hydrogens is 304 g/mol. The molecule has 132 valence electrons. The molecule has 0 aliphatic rings. The molecule has 25 heavy (non-hydrogen) atoms. The molecule has 0 bridgehead atoms. The molecule has 0 fully saturated rings. The number of aromatic nitrogens is 2. The summed E-state index contributed by atoms with van der Waals surface area (Å²) in [6, 6.07) is 13.2. The van der Waals surface area contributed by atoms with Gasteiger partial charge in [0.1, 0.15) is 0 Å². The summed E-state index contributed by atoms with van der Waals surface area (Å²) in [5.74, 6) is 0. The molecule has 2 aromatic carbocycles. The fourth-order valence-electron chi connectivity index (χ4n) is 3.14. The van der Waals surface area contributed by atoms with Gasteiger partial charge in [0.2, 0.25) is 0 Å². The summed E-state index contributed by atoms with van der Waals surface area (Å²) in [7, 11) is 4.16.